The van der Waals surface area contributed by atoms with Crippen molar-refractivity contribution in [1.29, 1.82) is 0 Å². The number of benzene rings is 1. The molecule has 0 fully saturated rings. The molecule has 1 rings (SSSR count). The van der Waals surface area contributed by atoms with Crippen LogP contribution in [0.3, 0.4) is 0 Å². The van der Waals surface area contributed by atoms with Crippen molar-refractivity contribution < 1.29 is 18.3 Å². The number of hydrogen-bond acceptors (Lipinski definition) is 4. The lowest BCUT2D eigenvalue weighted by atomic mass is 10.1. The summed E-state index contributed by atoms with van der Waals surface area (Å²) in [5.41, 5.74) is 0.781. The van der Waals surface area contributed by atoms with Gasteiger partial charge in [0.05, 0.1) is 17.1 Å². The van der Waals surface area contributed by atoms with Crippen molar-refractivity contribution in [3.63, 3.8) is 0 Å². The maximum Gasteiger partial charge on any atom is 0.335 e. The lowest BCUT2D eigenvalue weighted by molar-refractivity contribution is 0.0697. The van der Waals surface area contributed by atoms with Gasteiger partial charge in [-0.3, -0.25) is 0 Å². The van der Waals surface area contributed by atoms with E-state index in [0.29, 0.717) is 12.0 Å². The van der Waals surface area contributed by atoms with Crippen molar-refractivity contribution in [2.24, 2.45) is 0 Å². The Hall–Kier alpha value is -1.40. The molecule has 0 aliphatic heterocycles. The van der Waals surface area contributed by atoms with Crippen molar-refractivity contribution in [3.05, 3.63) is 35.4 Å². The molecule has 0 bridgehead atoms. The molecule has 106 valence electrons. The second kappa shape index (κ2) is 6.68. The van der Waals surface area contributed by atoms with E-state index in [2.05, 4.69) is 0 Å². The fourth-order valence-corrected chi connectivity index (χ4v) is 3.08. The molecule has 1 N–H and O–H groups in total. The van der Waals surface area contributed by atoms with E-state index >= 15 is 0 Å². The Kier molecular flexibility index (Phi) is 5.50. The van der Waals surface area contributed by atoms with E-state index in [1.165, 1.54) is 12.1 Å². The van der Waals surface area contributed by atoms with Crippen LogP contribution in [-0.4, -0.2) is 50.8 Å². The quantitative estimate of drug-likeness (QED) is 0.816. The molecule has 0 radical (unpaired) electrons. The third kappa shape index (κ3) is 5.85. The highest BCUT2D eigenvalue weighted by molar-refractivity contribution is 7.90. The number of nitrogens with zero attached hydrogens (tertiary/aromatic N) is 1. The van der Waals surface area contributed by atoms with E-state index in [-0.39, 0.29) is 17.1 Å². The lowest BCUT2D eigenvalue weighted by Crippen LogP contribution is -2.18. The Morgan fingerprint density at radius 3 is 2.26 bits per heavy atom. The molecule has 19 heavy (non-hydrogen) atoms. The minimum Gasteiger partial charge on any atom is -0.478 e. The molecule has 0 saturated carbocycles. The third-order valence-corrected chi connectivity index (χ3v) is 4.33. The molecule has 0 spiro atoms. The smallest absolute Gasteiger partial charge is 0.335 e. The van der Waals surface area contributed by atoms with Gasteiger partial charge in [0.2, 0.25) is 0 Å². The molecule has 5 nitrogen and oxygen atoms in total. The second-order valence-corrected chi connectivity index (χ2v) is 6.94. The summed E-state index contributed by atoms with van der Waals surface area (Å²) in [4.78, 5) is 12.6. The first-order chi connectivity index (χ1) is 8.80. The molecule has 0 unspecified atom stereocenters. The zero-order chi connectivity index (χ0) is 14.5. The van der Waals surface area contributed by atoms with E-state index in [1.54, 1.807) is 12.1 Å². The molecule has 0 saturated heterocycles. The summed E-state index contributed by atoms with van der Waals surface area (Å²) in [6.07, 6.45) is 0.600. The van der Waals surface area contributed by atoms with Gasteiger partial charge in [0.25, 0.3) is 0 Å². The van der Waals surface area contributed by atoms with Gasteiger partial charge >= 0.3 is 5.97 Å². The average molecular weight is 285 g/mol. The Balaban J connectivity index is 2.60. The van der Waals surface area contributed by atoms with Crippen LogP contribution in [0.4, 0.5) is 0 Å². The Labute approximate surface area is 113 Å². The van der Waals surface area contributed by atoms with Gasteiger partial charge in [-0.05, 0) is 44.8 Å². The largest absolute Gasteiger partial charge is 0.478 e. The molecule has 1 aromatic rings. The predicted octanol–water partition coefficient (Wildman–Crippen LogP) is 1.25. The second-order valence-electron chi connectivity index (χ2n) is 4.75. The predicted molar refractivity (Wildman–Crippen MR) is 74.1 cm³/mol. The summed E-state index contributed by atoms with van der Waals surface area (Å²) in [5.74, 6) is -0.910. The first-order valence-corrected chi connectivity index (χ1v) is 7.80. The Morgan fingerprint density at radius 1 is 1.21 bits per heavy atom. The van der Waals surface area contributed by atoms with Gasteiger partial charge in [-0.1, -0.05) is 12.1 Å². The highest BCUT2D eigenvalue weighted by Gasteiger charge is 2.12. The van der Waals surface area contributed by atoms with Crippen LogP contribution in [0.5, 0.6) is 0 Å². The Morgan fingerprint density at radius 2 is 1.79 bits per heavy atom. The highest BCUT2D eigenvalue weighted by atomic mass is 32.2. The molecular formula is C13H19NO4S. The topological polar surface area (TPSA) is 74.7 Å². The van der Waals surface area contributed by atoms with Crippen molar-refractivity contribution in [2.75, 3.05) is 26.4 Å². The van der Waals surface area contributed by atoms with E-state index in [1.807, 2.05) is 19.0 Å². The zero-order valence-electron chi connectivity index (χ0n) is 11.2. The number of carbonyl (C=O) groups is 1. The molecule has 0 heterocycles. The highest BCUT2D eigenvalue weighted by Crippen LogP contribution is 2.10. The number of rotatable bonds is 7. The number of aromatic carboxylic acids is 1. The molecule has 0 aliphatic rings. The summed E-state index contributed by atoms with van der Waals surface area (Å²) in [5, 5.41) is 8.75. The van der Waals surface area contributed by atoms with Crippen LogP contribution in [0.1, 0.15) is 22.3 Å². The van der Waals surface area contributed by atoms with Gasteiger partial charge in [0.1, 0.15) is 0 Å². The molecule has 1 aromatic carbocycles. The fraction of sp³-hybridized carbons (Fsp3) is 0.462. The van der Waals surface area contributed by atoms with E-state index in [0.717, 1.165) is 6.54 Å². The summed E-state index contributed by atoms with van der Waals surface area (Å²) < 4.78 is 23.7. The summed E-state index contributed by atoms with van der Waals surface area (Å²) in [6, 6.07) is 5.94. The van der Waals surface area contributed by atoms with Crippen LogP contribution in [0.2, 0.25) is 0 Å². The molecule has 0 aliphatic carbocycles. The first kappa shape index (κ1) is 15.7. The fourth-order valence-electron chi connectivity index (χ4n) is 1.67. The number of carboxylic acids is 1. The summed E-state index contributed by atoms with van der Waals surface area (Å²) in [7, 11) is 0.663. The SMILES string of the molecule is CN(C)CCCS(=O)(=O)Cc1ccc(C(=O)O)cc1. The van der Waals surface area contributed by atoms with E-state index in [9.17, 15) is 13.2 Å². The zero-order valence-corrected chi connectivity index (χ0v) is 12.0. The van der Waals surface area contributed by atoms with Gasteiger partial charge in [-0.15, -0.1) is 0 Å². The van der Waals surface area contributed by atoms with Gasteiger partial charge < -0.3 is 10.0 Å². The molecule has 0 amide bonds. The van der Waals surface area contributed by atoms with Gasteiger partial charge in [-0.25, -0.2) is 13.2 Å². The van der Waals surface area contributed by atoms with E-state index < -0.39 is 15.8 Å². The number of hydrogen-bond donors (Lipinski definition) is 1. The maximum atomic E-state index is 11.9. The van der Waals surface area contributed by atoms with Gasteiger partial charge in [0, 0.05) is 0 Å². The van der Waals surface area contributed by atoms with Crippen LogP contribution in [-0.2, 0) is 15.6 Å². The minimum absolute atomic E-state index is 0.0413. The van der Waals surface area contributed by atoms with Crippen LogP contribution < -0.4 is 0 Å². The maximum absolute atomic E-state index is 11.9. The first-order valence-electron chi connectivity index (χ1n) is 5.97. The molecule has 0 atom stereocenters. The van der Waals surface area contributed by atoms with Gasteiger partial charge in [0.15, 0.2) is 9.84 Å². The molecular weight excluding hydrogens is 266 g/mol. The van der Waals surface area contributed by atoms with Crippen molar-refractivity contribution in [3.8, 4) is 0 Å². The third-order valence-electron chi connectivity index (χ3n) is 2.65. The summed E-state index contributed by atoms with van der Waals surface area (Å²) in [6.45, 7) is 0.733. The van der Waals surface area contributed by atoms with Crippen LogP contribution in [0.15, 0.2) is 24.3 Å². The standard InChI is InChI=1S/C13H19NO4S/c1-14(2)8-3-9-19(17,18)10-11-4-6-12(7-5-11)13(15)16/h4-7H,3,8-10H2,1-2H3,(H,15,16). The van der Waals surface area contributed by atoms with Gasteiger partial charge in [-0.2, -0.15) is 0 Å². The van der Waals surface area contributed by atoms with Crippen LogP contribution in [0.25, 0.3) is 0 Å². The van der Waals surface area contributed by atoms with Crippen molar-refractivity contribution >= 4 is 15.8 Å². The number of sulfone groups is 1. The lowest BCUT2D eigenvalue weighted by Gasteiger charge is -2.09. The molecule has 6 heteroatoms. The summed E-state index contributed by atoms with van der Waals surface area (Å²) >= 11 is 0. The normalized spacial score (nSPS) is 11.7. The Bertz CT molecular complexity index is 520. The minimum atomic E-state index is -3.14. The average Bonchev–Trinajstić information content (AvgIpc) is 2.28. The van der Waals surface area contributed by atoms with E-state index in [4.69, 9.17) is 5.11 Å². The molecule has 0 aromatic heterocycles. The van der Waals surface area contributed by atoms with Crippen molar-refractivity contribution in [2.45, 2.75) is 12.2 Å². The monoisotopic (exact) mass is 285 g/mol. The van der Waals surface area contributed by atoms with Crippen molar-refractivity contribution in [1.82, 2.24) is 4.90 Å². The number of carboxylic acid groups (broad SMARTS) is 1. The van der Waals surface area contributed by atoms with Crippen LogP contribution >= 0.6 is 0 Å². The van der Waals surface area contributed by atoms with Crippen LogP contribution in [0, 0.1) is 0 Å².